The Labute approximate surface area is 213 Å². The molecule has 0 spiro atoms. The molecule has 7 nitrogen and oxygen atoms in total. The summed E-state index contributed by atoms with van der Waals surface area (Å²) in [6.45, 7) is 4.66. The maximum absolute atomic E-state index is 13.0. The summed E-state index contributed by atoms with van der Waals surface area (Å²) >= 11 is 3.61. The molecule has 1 atom stereocenters. The normalized spacial score (nSPS) is 17.6. The number of Topliss-reactive ketones (excluding diaryl/α,β-unsaturated/α-hetero) is 1. The van der Waals surface area contributed by atoms with Gasteiger partial charge >= 0.3 is 5.97 Å². The summed E-state index contributed by atoms with van der Waals surface area (Å²) in [5.74, 6) is 0.0210. The smallest absolute Gasteiger partial charge is 0.340 e. The fraction of sp³-hybridized carbons (Fsp3) is 0.333. The first kappa shape index (κ1) is 24.9. The van der Waals surface area contributed by atoms with E-state index in [1.54, 1.807) is 6.07 Å². The molecule has 0 unspecified atom stereocenters. The molecule has 0 aromatic heterocycles. The highest BCUT2D eigenvalue weighted by molar-refractivity contribution is 9.10. The number of aryl methyl sites for hydroxylation is 1. The Morgan fingerprint density at radius 1 is 1.17 bits per heavy atom. The molecule has 184 valence electrons. The van der Waals surface area contributed by atoms with Crippen LogP contribution >= 0.6 is 15.9 Å². The van der Waals surface area contributed by atoms with Gasteiger partial charge in [0.15, 0.2) is 17.3 Å². The minimum absolute atomic E-state index is 0.0518. The molecule has 2 aliphatic rings. The van der Waals surface area contributed by atoms with Crippen LogP contribution in [0.15, 0.2) is 63.7 Å². The first-order valence-corrected chi connectivity index (χ1v) is 12.3. The van der Waals surface area contributed by atoms with Gasteiger partial charge in [-0.25, -0.2) is 4.79 Å². The van der Waals surface area contributed by atoms with Crippen LogP contribution in [0.4, 0.5) is 0 Å². The highest BCUT2D eigenvalue weighted by atomic mass is 79.9. The number of nitrogens with two attached hydrogens (primary N) is 1. The highest BCUT2D eigenvalue weighted by Crippen LogP contribution is 2.47. The molecule has 35 heavy (non-hydrogen) atoms. The number of benzene rings is 2. The van der Waals surface area contributed by atoms with Crippen LogP contribution in [0.3, 0.4) is 0 Å². The Balaban J connectivity index is 1.78. The van der Waals surface area contributed by atoms with E-state index in [0.29, 0.717) is 65.3 Å². The fourth-order valence-corrected chi connectivity index (χ4v) is 4.97. The molecule has 0 fully saturated rings. The number of methoxy groups -OCH3 is 1. The van der Waals surface area contributed by atoms with Crippen LogP contribution in [-0.4, -0.2) is 25.5 Å². The molecule has 8 heteroatoms. The maximum atomic E-state index is 13.0. The second-order valence-electron chi connectivity index (χ2n) is 8.46. The van der Waals surface area contributed by atoms with Crippen LogP contribution in [0.5, 0.6) is 11.5 Å². The molecular formula is C27H28BrNO6. The molecule has 0 radical (unpaired) electrons. The SMILES string of the molecule is CCOc1cc([C@@H]2C(C(=O)OC)=C(N)OC3=C2C(=O)CCC3)cc(Br)c1OCc1ccc(C)cc1. The van der Waals surface area contributed by atoms with Crippen molar-refractivity contribution in [2.45, 2.75) is 45.6 Å². The number of halogens is 1. The molecule has 1 aliphatic carbocycles. The minimum Gasteiger partial charge on any atom is -0.490 e. The number of rotatable bonds is 7. The zero-order valence-corrected chi connectivity index (χ0v) is 21.6. The van der Waals surface area contributed by atoms with Crippen molar-refractivity contribution in [3.8, 4) is 11.5 Å². The number of carbonyl (C=O) groups excluding carboxylic acids is 2. The van der Waals surface area contributed by atoms with Gasteiger partial charge in [-0.3, -0.25) is 4.79 Å². The summed E-state index contributed by atoms with van der Waals surface area (Å²) in [7, 11) is 1.27. The van der Waals surface area contributed by atoms with Crippen LogP contribution in [0.1, 0.15) is 48.8 Å². The van der Waals surface area contributed by atoms with Gasteiger partial charge in [0.1, 0.15) is 17.9 Å². The van der Waals surface area contributed by atoms with Gasteiger partial charge in [-0.1, -0.05) is 29.8 Å². The van der Waals surface area contributed by atoms with Gasteiger partial charge < -0.3 is 24.7 Å². The molecule has 0 saturated carbocycles. The molecule has 2 aromatic rings. The number of ketones is 1. The molecule has 0 bridgehead atoms. The van der Waals surface area contributed by atoms with Crippen molar-refractivity contribution in [3.05, 3.63) is 80.3 Å². The third-order valence-electron chi connectivity index (χ3n) is 6.06. The van der Waals surface area contributed by atoms with Crippen molar-refractivity contribution >= 4 is 27.7 Å². The number of ether oxygens (including phenoxy) is 4. The first-order valence-electron chi connectivity index (χ1n) is 11.5. The van der Waals surface area contributed by atoms with E-state index in [2.05, 4.69) is 15.9 Å². The van der Waals surface area contributed by atoms with Gasteiger partial charge in [-0.15, -0.1) is 0 Å². The van der Waals surface area contributed by atoms with Crippen molar-refractivity contribution in [1.29, 1.82) is 0 Å². The molecule has 4 rings (SSSR count). The van der Waals surface area contributed by atoms with Crippen LogP contribution in [0, 0.1) is 6.92 Å². The largest absolute Gasteiger partial charge is 0.490 e. The number of hydrogen-bond donors (Lipinski definition) is 1. The summed E-state index contributed by atoms with van der Waals surface area (Å²) in [6.07, 6.45) is 1.62. The van der Waals surface area contributed by atoms with E-state index in [9.17, 15) is 9.59 Å². The third kappa shape index (κ3) is 5.07. The number of allylic oxidation sites excluding steroid dienone is 2. The first-order chi connectivity index (χ1) is 16.8. The molecule has 0 saturated heterocycles. The van der Waals surface area contributed by atoms with Gasteiger partial charge in [0.2, 0.25) is 5.88 Å². The summed E-state index contributed by atoms with van der Waals surface area (Å²) in [5.41, 5.74) is 9.55. The van der Waals surface area contributed by atoms with E-state index in [1.165, 1.54) is 12.7 Å². The van der Waals surface area contributed by atoms with Gasteiger partial charge in [0, 0.05) is 18.4 Å². The van der Waals surface area contributed by atoms with Crippen LogP contribution in [-0.2, 0) is 25.7 Å². The minimum atomic E-state index is -0.736. The second-order valence-corrected chi connectivity index (χ2v) is 9.31. The van der Waals surface area contributed by atoms with Crippen molar-refractivity contribution in [3.63, 3.8) is 0 Å². The third-order valence-corrected chi connectivity index (χ3v) is 6.65. The lowest BCUT2D eigenvalue weighted by molar-refractivity contribution is -0.136. The Kier molecular flexibility index (Phi) is 7.50. The highest BCUT2D eigenvalue weighted by Gasteiger charge is 2.41. The summed E-state index contributed by atoms with van der Waals surface area (Å²) in [5, 5.41) is 0. The fourth-order valence-electron chi connectivity index (χ4n) is 4.40. The predicted octanol–water partition coefficient (Wildman–Crippen LogP) is 5.20. The van der Waals surface area contributed by atoms with E-state index < -0.39 is 11.9 Å². The summed E-state index contributed by atoms with van der Waals surface area (Å²) in [4.78, 5) is 25.7. The lowest BCUT2D eigenvalue weighted by Crippen LogP contribution is -2.31. The van der Waals surface area contributed by atoms with Crippen LogP contribution in [0.25, 0.3) is 0 Å². The Morgan fingerprint density at radius 2 is 1.91 bits per heavy atom. The Morgan fingerprint density at radius 3 is 2.60 bits per heavy atom. The molecule has 2 aromatic carbocycles. The number of hydrogen-bond acceptors (Lipinski definition) is 7. The van der Waals surface area contributed by atoms with Crippen LogP contribution in [0.2, 0.25) is 0 Å². The zero-order chi connectivity index (χ0) is 25.1. The van der Waals surface area contributed by atoms with E-state index in [-0.39, 0.29) is 17.2 Å². The van der Waals surface area contributed by atoms with Gasteiger partial charge in [0.25, 0.3) is 0 Å². The standard InChI is InChI=1S/C27H28BrNO6/c1-4-33-21-13-17(12-18(28)25(21)34-14-16-10-8-15(2)9-11-16)22-23-19(30)6-5-7-20(23)35-26(29)24(22)27(31)32-3/h8-13,22H,4-7,14,29H2,1-3H3/t22-/m0/s1. The molecule has 1 aliphatic heterocycles. The van der Waals surface area contributed by atoms with Crippen molar-refractivity contribution in [2.75, 3.05) is 13.7 Å². The maximum Gasteiger partial charge on any atom is 0.340 e. The quantitative estimate of drug-likeness (QED) is 0.481. The van der Waals surface area contributed by atoms with Gasteiger partial charge in [-0.05, 0) is 59.5 Å². The molecular weight excluding hydrogens is 514 g/mol. The summed E-state index contributed by atoms with van der Waals surface area (Å²) in [6, 6.07) is 11.7. The molecule has 1 heterocycles. The van der Waals surface area contributed by atoms with E-state index in [1.807, 2.05) is 44.2 Å². The van der Waals surface area contributed by atoms with E-state index >= 15 is 0 Å². The summed E-state index contributed by atoms with van der Waals surface area (Å²) < 4.78 is 23.4. The lowest BCUT2D eigenvalue weighted by atomic mass is 9.77. The Hall–Kier alpha value is -3.26. The zero-order valence-electron chi connectivity index (χ0n) is 20.0. The van der Waals surface area contributed by atoms with Crippen molar-refractivity contribution in [2.24, 2.45) is 5.73 Å². The van der Waals surface area contributed by atoms with Crippen LogP contribution < -0.4 is 15.2 Å². The van der Waals surface area contributed by atoms with Gasteiger partial charge in [0.05, 0.1) is 24.1 Å². The molecule has 2 N–H and O–H groups in total. The average Bonchev–Trinajstić information content (AvgIpc) is 2.83. The van der Waals surface area contributed by atoms with Crippen molar-refractivity contribution in [1.82, 2.24) is 0 Å². The number of esters is 1. The average molecular weight is 542 g/mol. The lowest BCUT2D eigenvalue weighted by Gasteiger charge is -2.32. The second kappa shape index (κ2) is 10.6. The predicted molar refractivity (Wildman–Crippen MR) is 134 cm³/mol. The van der Waals surface area contributed by atoms with Gasteiger partial charge in [-0.2, -0.15) is 0 Å². The Bertz CT molecular complexity index is 1210. The van der Waals surface area contributed by atoms with E-state index in [0.717, 1.165) is 5.56 Å². The number of carbonyl (C=O) groups is 2. The van der Waals surface area contributed by atoms with E-state index in [4.69, 9.17) is 24.7 Å². The topological polar surface area (TPSA) is 97.1 Å². The van der Waals surface area contributed by atoms with Crippen molar-refractivity contribution < 1.29 is 28.5 Å². The molecule has 0 amide bonds. The monoisotopic (exact) mass is 541 g/mol.